The Bertz CT molecular complexity index is 158. The summed E-state index contributed by atoms with van der Waals surface area (Å²) in [5, 5.41) is 18.8. The lowest BCUT2D eigenvalue weighted by Gasteiger charge is -2.35. The highest BCUT2D eigenvalue weighted by molar-refractivity contribution is 4.85. The van der Waals surface area contributed by atoms with Gasteiger partial charge in [-0.1, -0.05) is 13.8 Å². The van der Waals surface area contributed by atoms with Crippen LogP contribution >= 0.6 is 0 Å². The third-order valence-corrected chi connectivity index (χ3v) is 3.51. The second-order valence-electron chi connectivity index (χ2n) is 4.67. The van der Waals surface area contributed by atoms with Gasteiger partial charge in [0.1, 0.15) is 0 Å². The predicted molar refractivity (Wildman–Crippen MR) is 55.0 cm³/mol. The second kappa shape index (κ2) is 5.10. The molecule has 0 aromatic rings. The average Bonchev–Trinajstić information content (AvgIpc) is 2.66. The topological polar surface area (TPSA) is 49.7 Å². The first kappa shape index (κ1) is 12.0. The van der Waals surface area contributed by atoms with Crippen molar-refractivity contribution in [3.63, 3.8) is 0 Å². The van der Waals surface area contributed by atoms with E-state index in [1.165, 1.54) is 0 Å². The summed E-state index contributed by atoms with van der Waals surface area (Å²) in [6.45, 7) is 5.00. The third kappa shape index (κ3) is 2.47. The average molecular weight is 202 g/mol. The fourth-order valence-electron chi connectivity index (χ4n) is 2.04. The zero-order chi connectivity index (χ0) is 10.6. The largest absolute Gasteiger partial charge is 0.396 e. The first-order valence-electron chi connectivity index (χ1n) is 5.48. The lowest BCUT2D eigenvalue weighted by Crippen LogP contribution is -2.38. The summed E-state index contributed by atoms with van der Waals surface area (Å²) in [6, 6.07) is 0. The van der Waals surface area contributed by atoms with Gasteiger partial charge in [0.15, 0.2) is 0 Å². The van der Waals surface area contributed by atoms with Crippen LogP contribution in [-0.2, 0) is 4.74 Å². The summed E-state index contributed by atoms with van der Waals surface area (Å²) in [5.41, 5.74) is -0.366. The van der Waals surface area contributed by atoms with Crippen LogP contribution in [0.2, 0.25) is 0 Å². The van der Waals surface area contributed by atoms with E-state index < -0.39 is 0 Å². The van der Waals surface area contributed by atoms with E-state index in [0.29, 0.717) is 0 Å². The van der Waals surface area contributed by atoms with Crippen molar-refractivity contribution in [2.45, 2.75) is 39.2 Å². The Hall–Kier alpha value is -0.120. The smallest absolute Gasteiger partial charge is 0.0583 e. The van der Waals surface area contributed by atoms with Gasteiger partial charge in [-0.25, -0.2) is 0 Å². The van der Waals surface area contributed by atoms with Crippen molar-refractivity contribution in [2.24, 2.45) is 11.3 Å². The molecule has 0 aliphatic carbocycles. The van der Waals surface area contributed by atoms with E-state index in [9.17, 15) is 10.2 Å². The number of hydrogen-bond acceptors (Lipinski definition) is 3. The Kier molecular flexibility index (Phi) is 4.35. The third-order valence-electron chi connectivity index (χ3n) is 3.51. The number of rotatable bonds is 5. The van der Waals surface area contributed by atoms with E-state index in [-0.39, 0.29) is 30.7 Å². The fourth-order valence-corrected chi connectivity index (χ4v) is 2.04. The SMILES string of the molecule is CC(C)C(CO)(CO)CC1CCCO1. The quantitative estimate of drug-likeness (QED) is 0.704. The summed E-state index contributed by atoms with van der Waals surface area (Å²) in [4.78, 5) is 0. The lowest BCUT2D eigenvalue weighted by atomic mass is 9.74. The van der Waals surface area contributed by atoms with E-state index in [1.54, 1.807) is 0 Å². The van der Waals surface area contributed by atoms with Crippen LogP contribution in [-0.4, -0.2) is 36.1 Å². The molecule has 84 valence electrons. The Morgan fingerprint density at radius 3 is 2.36 bits per heavy atom. The Labute approximate surface area is 86.1 Å². The van der Waals surface area contributed by atoms with E-state index in [4.69, 9.17) is 4.74 Å². The molecule has 3 nitrogen and oxygen atoms in total. The van der Waals surface area contributed by atoms with Crippen LogP contribution in [0.25, 0.3) is 0 Å². The highest BCUT2D eigenvalue weighted by Gasteiger charge is 2.36. The number of ether oxygens (including phenoxy) is 1. The van der Waals surface area contributed by atoms with E-state index in [2.05, 4.69) is 0 Å². The van der Waals surface area contributed by atoms with Gasteiger partial charge in [-0.15, -0.1) is 0 Å². The molecule has 0 spiro atoms. The Morgan fingerprint density at radius 1 is 1.36 bits per heavy atom. The second-order valence-corrected chi connectivity index (χ2v) is 4.67. The molecule has 0 radical (unpaired) electrons. The van der Waals surface area contributed by atoms with Crippen LogP contribution in [0.3, 0.4) is 0 Å². The molecule has 1 heterocycles. The van der Waals surface area contributed by atoms with E-state index in [1.807, 2.05) is 13.8 Å². The summed E-state index contributed by atoms with van der Waals surface area (Å²) < 4.78 is 5.54. The van der Waals surface area contributed by atoms with Crippen molar-refractivity contribution < 1.29 is 14.9 Å². The minimum atomic E-state index is -0.366. The van der Waals surface area contributed by atoms with Crippen LogP contribution in [0.5, 0.6) is 0 Å². The zero-order valence-corrected chi connectivity index (χ0v) is 9.20. The van der Waals surface area contributed by atoms with Gasteiger partial charge in [0, 0.05) is 12.0 Å². The molecule has 1 rings (SSSR count). The van der Waals surface area contributed by atoms with Gasteiger partial charge in [-0.05, 0) is 25.2 Å². The molecular formula is C11H22O3. The highest BCUT2D eigenvalue weighted by Crippen LogP contribution is 2.35. The molecule has 1 fully saturated rings. The van der Waals surface area contributed by atoms with Gasteiger partial charge in [0.2, 0.25) is 0 Å². The number of aliphatic hydroxyl groups is 2. The van der Waals surface area contributed by atoms with Crippen molar-refractivity contribution in [3.8, 4) is 0 Å². The lowest BCUT2D eigenvalue weighted by molar-refractivity contribution is -0.0315. The minimum absolute atomic E-state index is 0.0427. The van der Waals surface area contributed by atoms with Gasteiger partial charge in [0.25, 0.3) is 0 Å². The first-order chi connectivity index (χ1) is 6.64. The molecule has 0 aromatic carbocycles. The number of aliphatic hydroxyl groups excluding tert-OH is 2. The summed E-state index contributed by atoms with van der Waals surface area (Å²) in [7, 11) is 0. The van der Waals surface area contributed by atoms with Crippen molar-refractivity contribution >= 4 is 0 Å². The van der Waals surface area contributed by atoms with Crippen LogP contribution in [0.15, 0.2) is 0 Å². The maximum absolute atomic E-state index is 9.39. The van der Waals surface area contributed by atoms with Gasteiger partial charge >= 0.3 is 0 Å². The maximum atomic E-state index is 9.39. The van der Waals surface area contributed by atoms with Gasteiger partial charge < -0.3 is 14.9 Å². The predicted octanol–water partition coefficient (Wildman–Crippen LogP) is 1.18. The van der Waals surface area contributed by atoms with Crippen LogP contribution in [0.4, 0.5) is 0 Å². The molecule has 0 amide bonds. The molecule has 1 atom stereocenters. The molecular weight excluding hydrogens is 180 g/mol. The molecule has 0 saturated carbocycles. The molecule has 14 heavy (non-hydrogen) atoms. The molecule has 1 unspecified atom stereocenters. The minimum Gasteiger partial charge on any atom is -0.396 e. The monoisotopic (exact) mass is 202 g/mol. The normalized spacial score (nSPS) is 23.4. The van der Waals surface area contributed by atoms with Gasteiger partial charge in [0.05, 0.1) is 19.3 Å². The molecule has 1 aliphatic heterocycles. The summed E-state index contributed by atoms with van der Waals surface area (Å²) >= 11 is 0. The van der Waals surface area contributed by atoms with Crippen LogP contribution < -0.4 is 0 Å². The van der Waals surface area contributed by atoms with E-state index >= 15 is 0 Å². The number of hydrogen-bond donors (Lipinski definition) is 2. The summed E-state index contributed by atoms with van der Waals surface area (Å²) in [5.74, 6) is 0.279. The van der Waals surface area contributed by atoms with E-state index in [0.717, 1.165) is 25.9 Å². The Morgan fingerprint density at radius 2 is 2.00 bits per heavy atom. The van der Waals surface area contributed by atoms with Crippen molar-refractivity contribution in [2.75, 3.05) is 19.8 Å². The van der Waals surface area contributed by atoms with Crippen LogP contribution in [0, 0.1) is 11.3 Å². The molecule has 1 saturated heterocycles. The molecule has 1 aliphatic rings. The van der Waals surface area contributed by atoms with Crippen molar-refractivity contribution in [3.05, 3.63) is 0 Å². The standard InChI is InChI=1S/C11H22O3/c1-9(2)11(7-12,8-13)6-10-4-3-5-14-10/h9-10,12-13H,3-8H2,1-2H3. The maximum Gasteiger partial charge on any atom is 0.0583 e. The van der Waals surface area contributed by atoms with Crippen LogP contribution in [0.1, 0.15) is 33.1 Å². The fraction of sp³-hybridized carbons (Fsp3) is 1.00. The van der Waals surface area contributed by atoms with Gasteiger partial charge in [-0.3, -0.25) is 0 Å². The van der Waals surface area contributed by atoms with Crippen molar-refractivity contribution in [1.82, 2.24) is 0 Å². The molecule has 0 aromatic heterocycles. The highest BCUT2D eigenvalue weighted by atomic mass is 16.5. The Balaban J connectivity index is 2.57. The molecule has 0 bridgehead atoms. The molecule has 3 heteroatoms. The zero-order valence-electron chi connectivity index (χ0n) is 9.20. The summed E-state index contributed by atoms with van der Waals surface area (Å²) in [6.07, 6.45) is 3.18. The molecule has 2 N–H and O–H groups in total. The first-order valence-corrected chi connectivity index (χ1v) is 5.48. The van der Waals surface area contributed by atoms with Crippen molar-refractivity contribution in [1.29, 1.82) is 0 Å². The van der Waals surface area contributed by atoms with Gasteiger partial charge in [-0.2, -0.15) is 0 Å².